The van der Waals surface area contributed by atoms with Gasteiger partial charge >= 0.3 is 5.97 Å². The van der Waals surface area contributed by atoms with E-state index in [2.05, 4.69) is 30.9 Å². The molecule has 4 unspecified atom stereocenters. The first kappa shape index (κ1) is 29.8. The summed E-state index contributed by atoms with van der Waals surface area (Å²) in [6.07, 6.45) is 2.99. The van der Waals surface area contributed by atoms with E-state index in [1.54, 1.807) is 0 Å². The maximum absolute atomic E-state index is 12.9. The molecule has 0 saturated carbocycles. The van der Waals surface area contributed by atoms with E-state index >= 15 is 0 Å². The highest BCUT2D eigenvalue weighted by Crippen LogP contribution is 2.04. The minimum atomic E-state index is -1.30. The molecule has 13 N–H and O–H groups in total. The maximum atomic E-state index is 12.9. The lowest BCUT2D eigenvalue weighted by Crippen LogP contribution is -2.56. The van der Waals surface area contributed by atoms with Crippen LogP contribution in [0.4, 0.5) is 0 Å². The van der Waals surface area contributed by atoms with Crippen molar-refractivity contribution in [2.45, 2.75) is 63.2 Å². The number of aliphatic imine (C=N–C) groups is 1. The minimum Gasteiger partial charge on any atom is -0.480 e. The minimum absolute atomic E-state index is 0.00175. The van der Waals surface area contributed by atoms with Crippen LogP contribution in [0.25, 0.3) is 0 Å². The van der Waals surface area contributed by atoms with Gasteiger partial charge in [-0.1, -0.05) is 0 Å². The molecule has 0 bridgehead atoms. The van der Waals surface area contributed by atoms with E-state index < -0.39 is 53.8 Å². The van der Waals surface area contributed by atoms with Crippen LogP contribution in [0.3, 0.4) is 0 Å². The van der Waals surface area contributed by atoms with Crippen LogP contribution in [0.1, 0.15) is 38.3 Å². The average Bonchev–Trinajstić information content (AvgIpc) is 3.31. The van der Waals surface area contributed by atoms with Gasteiger partial charge in [0.15, 0.2) is 5.96 Å². The highest BCUT2D eigenvalue weighted by molar-refractivity contribution is 5.94. The number of carboxylic acids is 1. The number of guanidine groups is 1. The van der Waals surface area contributed by atoms with Crippen LogP contribution < -0.4 is 38.9 Å². The van der Waals surface area contributed by atoms with Crippen molar-refractivity contribution in [2.75, 3.05) is 6.54 Å². The lowest BCUT2D eigenvalue weighted by molar-refractivity contribution is -0.142. The molecule has 0 fully saturated rings. The number of nitrogens with two attached hydrogens (primary N) is 4. The number of H-pyrrole nitrogens is 1. The Morgan fingerprint density at radius 3 is 2.25 bits per heavy atom. The van der Waals surface area contributed by atoms with Gasteiger partial charge in [0.2, 0.25) is 23.6 Å². The summed E-state index contributed by atoms with van der Waals surface area (Å²) >= 11 is 0. The van der Waals surface area contributed by atoms with Gasteiger partial charge in [0.25, 0.3) is 0 Å². The molecule has 200 valence electrons. The van der Waals surface area contributed by atoms with E-state index in [1.807, 2.05) is 0 Å². The number of carbonyl (C=O) groups excluding carboxylic acids is 4. The van der Waals surface area contributed by atoms with Crippen LogP contribution in [0.15, 0.2) is 17.5 Å². The zero-order valence-electron chi connectivity index (χ0n) is 19.9. The molecule has 4 amide bonds. The number of imidazole rings is 1. The van der Waals surface area contributed by atoms with E-state index in [-0.39, 0.29) is 44.6 Å². The molecule has 1 aromatic heterocycles. The summed E-state index contributed by atoms with van der Waals surface area (Å²) in [6.45, 7) is 1.54. The van der Waals surface area contributed by atoms with Gasteiger partial charge in [0, 0.05) is 31.3 Å². The first-order valence-electron chi connectivity index (χ1n) is 11.1. The summed E-state index contributed by atoms with van der Waals surface area (Å²) in [7, 11) is 0. The highest BCUT2D eigenvalue weighted by atomic mass is 16.4. The molecule has 0 aliphatic carbocycles. The summed E-state index contributed by atoms with van der Waals surface area (Å²) < 4.78 is 0. The standard InChI is InChI=1S/C20H34N10O6/c1-10(28-17(33)12(21)4-5-15(22)31)16(32)29-13(3-2-6-26-20(23)24)18(34)30-14(19(35)36)7-11-8-25-9-27-11/h8-10,12-14H,2-7,21H2,1H3,(H2,22,31)(H,25,27)(H,28,33)(H,29,32)(H,30,34)(H,35,36)(H4,23,24,26). The van der Waals surface area contributed by atoms with E-state index in [0.29, 0.717) is 5.69 Å². The Balaban J connectivity index is 2.84. The van der Waals surface area contributed by atoms with Gasteiger partial charge in [-0.2, -0.15) is 0 Å². The number of hydrogen-bond acceptors (Lipinski definition) is 8. The molecule has 36 heavy (non-hydrogen) atoms. The van der Waals surface area contributed by atoms with Crippen molar-refractivity contribution >= 4 is 35.6 Å². The Hall–Kier alpha value is -4.21. The van der Waals surface area contributed by atoms with Gasteiger partial charge in [-0.15, -0.1) is 0 Å². The lowest BCUT2D eigenvalue weighted by Gasteiger charge is -2.23. The lowest BCUT2D eigenvalue weighted by atomic mass is 10.1. The normalized spacial score (nSPS) is 13.9. The van der Waals surface area contributed by atoms with E-state index in [9.17, 15) is 29.1 Å². The topological polar surface area (TPSA) is 287 Å². The van der Waals surface area contributed by atoms with Gasteiger partial charge in [0.05, 0.1) is 12.4 Å². The summed E-state index contributed by atoms with van der Waals surface area (Å²) in [5.74, 6) is -4.20. The third kappa shape index (κ3) is 11.3. The first-order chi connectivity index (χ1) is 16.9. The quantitative estimate of drug-likeness (QED) is 0.0592. The highest BCUT2D eigenvalue weighted by Gasteiger charge is 2.29. The van der Waals surface area contributed by atoms with Gasteiger partial charge < -0.3 is 49.0 Å². The monoisotopic (exact) mass is 510 g/mol. The predicted molar refractivity (Wildman–Crippen MR) is 128 cm³/mol. The largest absolute Gasteiger partial charge is 0.480 e. The number of carbonyl (C=O) groups is 5. The molecule has 0 aliphatic heterocycles. The fourth-order valence-electron chi connectivity index (χ4n) is 2.97. The summed E-state index contributed by atoms with van der Waals surface area (Å²) in [5.41, 5.74) is 21.8. The fraction of sp³-hybridized carbons (Fsp3) is 0.550. The average molecular weight is 511 g/mol. The Labute approximate surface area is 207 Å². The molecule has 0 aliphatic rings. The Morgan fingerprint density at radius 1 is 1.03 bits per heavy atom. The number of amides is 4. The van der Waals surface area contributed by atoms with Gasteiger partial charge in [-0.3, -0.25) is 24.2 Å². The van der Waals surface area contributed by atoms with Crippen molar-refractivity contribution < 1.29 is 29.1 Å². The number of aromatic nitrogens is 2. The maximum Gasteiger partial charge on any atom is 0.326 e. The molecule has 0 spiro atoms. The number of aliphatic carboxylic acids is 1. The molecule has 1 heterocycles. The first-order valence-corrected chi connectivity index (χ1v) is 11.1. The van der Waals surface area contributed by atoms with Crippen LogP contribution in [-0.4, -0.2) is 81.3 Å². The third-order valence-electron chi connectivity index (χ3n) is 4.96. The van der Waals surface area contributed by atoms with E-state index in [1.165, 1.54) is 19.4 Å². The van der Waals surface area contributed by atoms with Crippen LogP contribution in [0.2, 0.25) is 0 Å². The van der Waals surface area contributed by atoms with Crippen molar-refractivity contribution in [1.29, 1.82) is 0 Å². The number of nitrogens with one attached hydrogen (secondary N) is 4. The number of nitrogens with zero attached hydrogens (tertiary/aromatic N) is 2. The molecule has 4 atom stereocenters. The molecule has 16 heteroatoms. The molecule has 1 aromatic rings. The van der Waals surface area contributed by atoms with Gasteiger partial charge in [0.1, 0.15) is 18.1 Å². The van der Waals surface area contributed by atoms with Gasteiger partial charge in [-0.25, -0.2) is 9.78 Å². The smallest absolute Gasteiger partial charge is 0.326 e. The summed E-state index contributed by atoms with van der Waals surface area (Å²) in [4.78, 5) is 70.7. The number of rotatable bonds is 16. The SMILES string of the molecule is CC(NC(=O)C(N)CCC(N)=O)C(=O)NC(CCCN=C(N)N)C(=O)NC(Cc1cnc[nH]1)C(=O)O. The molecule has 0 saturated heterocycles. The Kier molecular flexibility index (Phi) is 12.4. The fourth-order valence-corrected chi connectivity index (χ4v) is 2.97. The van der Waals surface area contributed by atoms with Crippen molar-refractivity contribution in [1.82, 2.24) is 25.9 Å². The van der Waals surface area contributed by atoms with Crippen molar-refractivity contribution in [3.05, 3.63) is 18.2 Å². The number of aromatic amines is 1. The Morgan fingerprint density at radius 2 is 1.69 bits per heavy atom. The molecule has 16 nitrogen and oxygen atoms in total. The Bertz CT molecular complexity index is 931. The van der Waals surface area contributed by atoms with Gasteiger partial charge in [-0.05, 0) is 26.2 Å². The second kappa shape index (κ2) is 14.9. The molecule has 1 rings (SSSR count). The zero-order valence-corrected chi connectivity index (χ0v) is 19.9. The third-order valence-corrected chi connectivity index (χ3v) is 4.96. The number of primary amides is 1. The van der Waals surface area contributed by atoms with Crippen LogP contribution in [-0.2, 0) is 30.4 Å². The number of carboxylic acid groups (broad SMARTS) is 1. The van der Waals surface area contributed by atoms with E-state index in [4.69, 9.17) is 22.9 Å². The number of hydrogen-bond donors (Lipinski definition) is 9. The second-order valence-corrected chi connectivity index (χ2v) is 8.03. The molecule has 0 radical (unpaired) electrons. The molecular weight excluding hydrogens is 476 g/mol. The zero-order chi connectivity index (χ0) is 27.3. The summed E-state index contributed by atoms with van der Waals surface area (Å²) in [6, 6.07) is -4.61. The van der Waals surface area contributed by atoms with Crippen LogP contribution in [0.5, 0.6) is 0 Å². The molecular formula is C20H34N10O6. The van der Waals surface area contributed by atoms with Crippen molar-refractivity contribution in [2.24, 2.45) is 27.9 Å². The molecule has 0 aromatic carbocycles. The van der Waals surface area contributed by atoms with Crippen LogP contribution in [0, 0.1) is 0 Å². The predicted octanol–water partition coefficient (Wildman–Crippen LogP) is -3.84. The van der Waals surface area contributed by atoms with Crippen molar-refractivity contribution in [3.8, 4) is 0 Å². The van der Waals surface area contributed by atoms with Crippen molar-refractivity contribution in [3.63, 3.8) is 0 Å². The summed E-state index contributed by atoms with van der Waals surface area (Å²) in [5, 5.41) is 16.8. The van der Waals surface area contributed by atoms with Crippen LogP contribution >= 0.6 is 0 Å². The van der Waals surface area contributed by atoms with E-state index in [0.717, 1.165) is 0 Å². The second-order valence-electron chi connectivity index (χ2n) is 8.03.